The van der Waals surface area contributed by atoms with E-state index in [1.54, 1.807) is 25.3 Å². The molecule has 0 aliphatic carbocycles. The third-order valence-corrected chi connectivity index (χ3v) is 6.38. The summed E-state index contributed by atoms with van der Waals surface area (Å²) < 4.78 is 16.7. The second-order valence-corrected chi connectivity index (χ2v) is 9.64. The molecular formula is C27H35N3O5. The molecular weight excluding hydrogens is 446 g/mol. The Morgan fingerprint density at radius 2 is 1.77 bits per heavy atom. The van der Waals surface area contributed by atoms with E-state index >= 15 is 0 Å². The summed E-state index contributed by atoms with van der Waals surface area (Å²) in [6.07, 6.45) is 1.20. The van der Waals surface area contributed by atoms with Gasteiger partial charge in [-0.05, 0) is 69.3 Å². The minimum atomic E-state index is -0.504. The van der Waals surface area contributed by atoms with Crippen LogP contribution in [0.2, 0.25) is 0 Å². The van der Waals surface area contributed by atoms with Crippen molar-refractivity contribution in [3.05, 3.63) is 48.0 Å². The molecule has 0 radical (unpaired) electrons. The van der Waals surface area contributed by atoms with Crippen LogP contribution in [0, 0.1) is 0 Å². The summed E-state index contributed by atoms with van der Waals surface area (Å²) in [7, 11) is 1.68. The molecule has 188 valence electrons. The number of hydrogen-bond donors (Lipinski definition) is 1. The van der Waals surface area contributed by atoms with E-state index in [1.165, 1.54) is 5.69 Å². The highest BCUT2D eigenvalue weighted by Crippen LogP contribution is 2.35. The van der Waals surface area contributed by atoms with Crippen LogP contribution in [0.5, 0.6) is 17.2 Å². The van der Waals surface area contributed by atoms with Crippen LogP contribution in [-0.4, -0.2) is 75.2 Å². The fourth-order valence-electron chi connectivity index (χ4n) is 4.47. The number of carbonyl (C=O) groups excluding carboxylic acids is 2. The fraction of sp³-hybridized carbons (Fsp3) is 0.481. The van der Waals surface area contributed by atoms with E-state index < -0.39 is 5.60 Å². The van der Waals surface area contributed by atoms with Gasteiger partial charge in [-0.15, -0.1) is 0 Å². The standard InChI is InChI=1S/C27H35N3O5/c1-27(2)18-24(31)23-17-22(9-10-25(23)35-27)34-19-26(32)28-11-4-12-29-13-15-30(16-14-29)20-5-7-21(33-3)8-6-20/h5-10,17H,4,11-16,18-19H2,1-3H3,(H,28,32). The Kier molecular flexibility index (Phi) is 7.80. The summed E-state index contributed by atoms with van der Waals surface area (Å²) in [6, 6.07) is 13.3. The molecule has 0 aromatic heterocycles. The largest absolute Gasteiger partial charge is 0.497 e. The van der Waals surface area contributed by atoms with E-state index in [0.717, 1.165) is 44.9 Å². The normalized spacial score (nSPS) is 17.3. The summed E-state index contributed by atoms with van der Waals surface area (Å²) in [5.74, 6) is 1.78. The lowest BCUT2D eigenvalue weighted by molar-refractivity contribution is -0.123. The smallest absolute Gasteiger partial charge is 0.257 e. The molecule has 2 aliphatic rings. The van der Waals surface area contributed by atoms with E-state index in [1.807, 2.05) is 26.0 Å². The second kappa shape index (κ2) is 11.0. The zero-order chi connectivity index (χ0) is 24.8. The van der Waals surface area contributed by atoms with Crippen molar-refractivity contribution in [2.24, 2.45) is 0 Å². The van der Waals surface area contributed by atoms with E-state index in [0.29, 0.717) is 30.0 Å². The van der Waals surface area contributed by atoms with Gasteiger partial charge in [0.15, 0.2) is 12.4 Å². The predicted molar refractivity (Wildman–Crippen MR) is 135 cm³/mol. The minimum Gasteiger partial charge on any atom is -0.497 e. The molecule has 4 rings (SSSR count). The minimum absolute atomic E-state index is 0.0241. The number of nitrogens with zero attached hydrogens (tertiary/aromatic N) is 2. The zero-order valence-corrected chi connectivity index (χ0v) is 20.8. The number of methoxy groups -OCH3 is 1. The lowest BCUT2D eigenvalue weighted by Crippen LogP contribution is -2.47. The number of nitrogens with one attached hydrogen (secondary N) is 1. The highest BCUT2D eigenvalue weighted by atomic mass is 16.5. The Morgan fingerprint density at radius 3 is 2.49 bits per heavy atom. The zero-order valence-electron chi connectivity index (χ0n) is 20.8. The topological polar surface area (TPSA) is 80.3 Å². The van der Waals surface area contributed by atoms with E-state index in [2.05, 4.69) is 27.2 Å². The Bertz CT molecular complexity index is 1030. The molecule has 0 unspecified atom stereocenters. The molecule has 1 saturated heterocycles. The maximum absolute atomic E-state index is 12.4. The quantitative estimate of drug-likeness (QED) is 0.551. The van der Waals surface area contributed by atoms with Crippen molar-refractivity contribution in [1.29, 1.82) is 0 Å². The molecule has 0 spiro atoms. The molecule has 2 aromatic carbocycles. The lowest BCUT2D eigenvalue weighted by atomic mass is 9.93. The predicted octanol–water partition coefficient (Wildman–Crippen LogP) is 3.15. The molecule has 0 atom stereocenters. The van der Waals surface area contributed by atoms with Gasteiger partial charge in [0.1, 0.15) is 22.8 Å². The van der Waals surface area contributed by atoms with Crippen LogP contribution in [0.3, 0.4) is 0 Å². The lowest BCUT2D eigenvalue weighted by Gasteiger charge is -2.36. The SMILES string of the molecule is COc1ccc(N2CCN(CCCNC(=O)COc3ccc4c(c3)C(=O)CC(C)(C)O4)CC2)cc1. The van der Waals surface area contributed by atoms with Crippen LogP contribution < -0.4 is 24.4 Å². The number of Topliss-reactive ketones (excluding diaryl/α,β-unsaturated/α-hetero) is 1. The highest BCUT2D eigenvalue weighted by molar-refractivity contribution is 6.00. The molecule has 1 N–H and O–H groups in total. The molecule has 8 heteroatoms. The van der Waals surface area contributed by atoms with Gasteiger partial charge in [-0.3, -0.25) is 14.5 Å². The number of amides is 1. The summed E-state index contributed by atoms with van der Waals surface area (Å²) in [5, 5.41) is 2.92. The number of ether oxygens (including phenoxy) is 3. The number of anilines is 1. The second-order valence-electron chi connectivity index (χ2n) is 9.64. The number of benzene rings is 2. The first-order valence-electron chi connectivity index (χ1n) is 12.2. The average molecular weight is 482 g/mol. The molecule has 2 aromatic rings. The van der Waals surface area contributed by atoms with Crippen molar-refractivity contribution in [2.45, 2.75) is 32.3 Å². The fourth-order valence-corrected chi connectivity index (χ4v) is 4.47. The van der Waals surface area contributed by atoms with Gasteiger partial charge in [0.05, 0.1) is 19.1 Å². The summed E-state index contributed by atoms with van der Waals surface area (Å²) >= 11 is 0. The van der Waals surface area contributed by atoms with Crippen molar-refractivity contribution >= 4 is 17.4 Å². The van der Waals surface area contributed by atoms with Crippen LogP contribution >= 0.6 is 0 Å². The molecule has 35 heavy (non-hydrogen) atoms. The number of carbonyl (C=O) groups is 2. The number of piperazine rings is 1. The van der Waals surface area contributed by atoms with Gasteiger partial charge in [0.2, 0.25) is 0 Å². The average Bonchev–Trinajstić information content (AvgIpc) is 2.85. The molecule has 1 fully saturated rings. The summed E-state index contributed by atoms with van der Waals surface area (Å²) in [4.78, 5) is 29.4. The van der Waals surface area contributed by atoms with Gasteiger partial charge in [0, 0.05) is 38.4 Å². The van der Waals surface area contributed by atoms with Crippen LogP contribution in [0.4, 0.5) is 5.69 Å². The van der Waals surface area contributed by atoms with Gasteiger partial charge in [-0.25, -0.2) is 0 Å². The van der Waals surface area contributed by atoms with Crippen LogP contribution in [-0.2, 0) is 4.79 Å². The Labute approximate surface area is 207 Å². The Morgan fingerprint density at radius 1 is 1.06 bits per heavy atom. The van der Waals surface area contributed by atoms with Crippen LogP contribution in [0.1, 0.15) is 37.0 Å². The molecule has 0 bridgehead atoms. The van der Waals surface area contributed by atoms with Crippen molar-refractivity contribution in [3.8, 4) is 17.2 Å². The number of hydrogen-bond acceptors (Lipinski definition) is 7. The first-order valence-corrected chi connectivity index (χ1v) is 12.2. The third kappa shape index (κ3) is 6.66. The molecule has 1 amide bonds. The monoisotopic (exact) mass is 481 g/mol. The number of rotatable bonds is 9. The molecule has 8 nitrogen and oxygen atoms in total. The number of ketones is 1. The van der Waals surface area contributed by atoms with Gasteiger partial charge < -0.3 is 24.4 Å². The van der Waals surface area contributed by atoms with Crippen LogP contribution in [0.15, 0.2) is 42.5 Å². The highest BCUT2D eigenvalue weighted by Gasteiger charge is 2.32. The van der Waals surface area contributed by atoms with Gasteiger partial charge >= 0.3 is 0 Å². The number of fused-ring (bicyclic) bond motifs is 1. The molecule has 2 heterocycles. The molecule has 2 aliphatic heterocycles. The van der Waals surface area contributed by atoms with E-state index in [9.17, 15) is 9.59 Å². The third-order valence-electron chi connectivity index (χ3n) is 6.38. The van der Waals surface area contributed by atoms with Gasteiger partial charge in [-0.1, -0.05) is 0 Å². The van der Waals surface area contributed by atoms with Crippen molar-refractivity contribution in [3.63, 3.8) is 0 Å². The van der Waals surface area contributed by atoms with Gasteiger partial charge in [0.25, 0.3) is 5.91 Å². The van der Waals surface area contributed by atoms with Crippen molar-refractivity contribution in [1.82, 2.24) is 10.2 Å². The van der Waals surface area contributed by atoms with E-state index in [-0.39, 0.29) is 18.3 Å². The Balaban J connectivity index is 1.12. The van der Waals surface area contributed by atoms with Crippen molar-refractivity contribution in [2.75, 3.05) is 57.9 Å². The Hall–Kier alpha value is -3.26. The first-order chi connectivity index (χ1) is 16.8. The first kappa shape index (κ1) is 24.9. The van der Waals surface area contributed by atoms with Gasteiger partial charge in [-0.2, -0.15) is 0 Å². The molecule has 0 saturated carbocycles. The van der Waals surface area contributed by atoms with E-state index in [4.69, 9.17) is 14.2 Å². The van der Waals surface area contributed by atoms with Crippen LogP contribution in [0.25, 0.3) is 0 Å². The maximum Gasteiger partial charge on any atom is 0.257 e. The maximum atomic E-state index is 12.4. The van der Waals surface area contributed by atoms with Crippen molar-refractivity contribution < 1.29 is 23.8 Å². The summed E-state index contributed by atoms with van der Waals surface area (Å²) in [6.45, 7) is 9.22. The summed E-state index contributed by atoms with van der Waals surface area (Å²) in [5.41, 5.74) is 1.22.